The minimum absolute atomic E-state index is 0.415. The number of anilines is 1. The van der Waals surface area contributed by atoms with Crippen LogP contribution < -0.4 is 10.1 Å². The number of ether oxygens (including phenoxy) is 2. The zero-order valence-corrected chi connectivity index (χ0v) is 12.6. The zero-order chi connectivity index (χ0) is 15.2. The summed E-state index contributed by atoms with van der Waals surface area (Å²) >= 11 is 5.39. The van der Waals surface area contributed by atoms with E-state index in [2.05, 4.69) is 10.1 Å². The van der Waals surface area contributed by atoms with E-state index in [1.54, 1.807) is 18.2 Å². The van der Waals surface area contributed by atoms with Crippen LogP contribution in [-0.2, 0) is 4.74 Å². The Labute approximate surface area is 128 Å². The molecule has 0 unspecified atom stereocenters. The summed E-state index contributed by atoms with van der Waals surface area (Å²) in [4.78, 5) is 12.1. The number of benzene rings is 2. The third-order valence-corrected chi connectivity index (χ3v) is 3.22. The van der Waals surface area contributed by atoms with Gasteiger partial charge in [-0.1, -0.05) is 30.4 Å². The molecule has 0 aliphatic carbocycles. The van der Waals surface area contributed by atoms with Crippen molar-refractivity contribution in [1.82, 2.24) is 0 Å². The van der Waals surface area contributed by atoms with E-state index in [0.29, 0.717) is 21.9 Å². The minimum atomic E-state index is -0.415. The van der Waals surface area contributed by atoms with Crippen LogP contribution in [-0.4, -0.2) is 25.2 Å². The maximum Gasteiger partial charge on any atom is 0.337 e. The lowest BCUT2D eigenvalue weighted by molar-refractivity contribution is 0.0600. The highest BCUT2D eigenvalue weighted by atomic mass is 32.1. The van der Waals surface area contributed by atoms with E-state index < -0.39 is 5.97 Å². The van der Waals surface area contributed by atoms with Crippen LogP contribution >= 0.6 is 12.2 Å². The summed E-state index contributed by atoms with van der Waals surface area (Å²) in [6, 6.07) is 14.6. The van der Waals surface area contributed by atoms with Crippen LogP contribution in [0.2, 0.25) is 0 Å². The number of esters is 1. The molecule has 108 valence electrons. The molecule has 0 heterocycles. The number of carbonyl (C=O) groups is 1. The molecule has 0 amide bonds. The molecular formula is C16H15NO3S. The molecule has 0 radical (unpaired) electrons. The molecule has 0 aliphatic rings. The van der Waals surface area contributed by atoms with Gasteiger partial charge in [0.1, 0.15) is 10.7 Å². The molecule has 2 rings (SSSR count). The number of methoxy groups -OCH3 is 2. The number of hydrogen-bond acceptors (Lipinski definition) is 4. The van der Waals surface area contributed by atoms with Gasteiger partial charge in [0.25, 0.3) is 0 Å². The Morgan fingerprint density at radius 3 is 2.43 bits per heavy atom. The second-order valence-electron chi connectivity index (χ2n) is 4.23. The Hall–Kier alpha value is -2.40. The maximum absolute atomic E-state index is 11.5. The van der Waals surface area contributed by atoms with Crippen LogP contribution in [0.4, 0.5) is 5.69 Å². The molecule has 0 saturated carbocycles. The molecule has 0 atom stereocenters. The fourth-order valence-corrected chi connectivity index (χ4v) is 2.13. The van der Waals surface area contributed by atoms with Gasteiger partial charge in [0.15, 0.2) is 0 Å². The highest BCUT2D eigenvalue weighted by Gasteiger charge is 2.13. The quantitative estimate of drug-likeness (QED) is 0.694. The fraction of sp³-hybridized carbons (Fsp3) is 0.125. The molecule has 0 saturated heterocycles. The van der Waals surface area contributed by atoms with Gasteiger partial charge in [0, 0.05) is 5.69 Å². The zero-order valence-electron chi connectivity index (χ0n) is 11.8. The molecule has 2 aromatic carbocycles. The Morgan fingerprint density at radius 1 is 1.10 bits per heavy atom. The standard InChI is InChI=1S/C16H15NO3S/c1-19-14-10-11(16(18)20-2)8-9-13(14)15(21)17-12-6-4-3-5-7-12/h3-10H,1-2H3,(H,17,21). The van der Waals surface area contributed by atoms with Crippen LogP contribution in [0.1, 0.15) is 15.9 Å². The van der Waals surface area contributed by atoms with E-state index in [9.17, 15) is 4.79 Å². The van der Waals surface area contributed by atoms with Gasteiger partial charge in [0.05, 0.1) is 25.3 Å². The summed E-state index contributed by atoms with van der Waals surface area (Å²) in [5, 5.41) is 3.13. The summed E-state index contributed by atoms with van der Waals surface area (Å²) in [6.45, 7) is 0. The number of carbonyl (C=O) groups excluding carboxylic acids is 1. The van der Waals surface area contributed by atoms with E-state index in [-0.39, 0.29) is 0 Å². The molecule has 0 aromatic heterocycles. The van der Waals surface area contributed by atoms with Crippen molar-refractivity contribution in [2.45, 2.75) is 0 Å². The third-order valence-electron chi connectivity index (χ3n) is 2.90. The van der Waals surface area contributed by atoms with Crippen molar-refractivity contribution in [3.63, 3.8) is 0 Å². The smallest absolute Gasteiger partial charge is 0.337 e. The summed E-state index contributed by atoms with van der Waals surface area (Å²) in [7, 11) is 2.87. The Kier molecular flexibility index (Phi) is 4.90. The summed E-state index contributed by atoms with van der Waals surface area (Å²) in [6.07, 6.45) is 0. The van der Waals surface area contributed by atoms with Gasteiger partial charge in [-0.2, -0.15) is 0 Å². The number of hydrogen-bond donors (Lipinski definition) is 1. The average Bonchev–Trinajstić information content (AvgIpc) is 2.54. The first kappa shape index (κ1) is 15.0. The summed E-state index contributed by atoms with van der Waals surface area (Å²) in [5.74, 6) is 0.105. The largest absolute Gasteiger partial charge is 0.496 e. The highest BCUT2D eigenvalue weighted by molar-refractivity contribution is 7.81. The van der Waals surface area contributed by atoms with Crippen molar-refractivity contribution < 1.29 is 14.3 Å². The molecule has 4 nitrogen and oxygen atoms in total. The van der Waals surface area contributed by atoms with Crippen molar-refractivity contribution in [2.24, 2.45) is 0 Å². The van der Waals surface area contributed by atoms with Gasteiger partial charge in [-0.05, 0) is 30.3 Å². The van der Waals surface area contributed by atoms with Gasteiger partial charge in [-0.25, -0.2) is 4.79 Å². The molecule has 1 N–H and O–H groups in total. The van der Waals surface area contributed by atoms with Crippen LogP contribution in [0.5, 0.6) is 5.75 Å². The second kappa shape index (κ2) is 6.85. The van der Waals surface area contributed by atoms with Gasteiger partial charge < -0.3 is 14.8 Å². The van der Waals surface area contributed by atoms with E-state index in [1.165, 1.54) is 14.2 Å². The molecule has 5 heteroatoms. The lowest BCUT2D eigenvalue weighted by Gasteiger charge is -2.12. The Balaban J connectivity index is 2.26. The van der Waals surface area contributed by atoms with Crippen LogP contribution in [0, 0.1) is 0 Å². The lowest BCUT2D eigenvalue weighted by atomic mass is 10.1. The van der Waals surface area contributed by atoms with E-state index in [1.807, 2.05) is 30.3 Å². The topological polar surface area (TPSA) is 47.6 Å². The number of nitrogens with one attached hydrogen (secondary N) is 1. The van der Waals surface area contributed by atoms with Crippen molar-refractivity contribution in [1.29, 1.82) is 0 Å². The van der Waals surface area contributed by atoms with Crippen molar-refractivity contribution in [2.75, 3.05) is 19.5 Å². The monoisotopic (exact) mass is 301 g/mol. The molecule has 0 spiro atoms. The van der Waals surface area contributed by atoms with Crippen LogP contribution in [0.3, 0.4) is 0 Å². The van der Waals surface area contributed by atoms with Crippen LogP contribution in [0.15, 0.2) is 48.5 Å². The Bertz CT molecular complexity index is 656. The SMILES string of the molecule is COC(=O)c1ccc(C(=S)Nc2ccccc2)c(OC)c1. The fourth-order valence-electron chi connectivity index (χ4n) is 1.84. The Morgan fingerprint density at radius 2 is 1.81 bits per heavy atom. The van der Waals surface area contributed by atoms with Crippen molar-refractivity contribution in [3.8, 4) is 5.75 Å². The lowest BCUT2D eigenvalue weighted by Crippen LogP contribution is -2.12. The van der Waals surface area contributed by atoms with Gasteiger partial charge in [-0.15, -0.1) is 0 Å². The van der Waals surface area contributed by atoms with Crippen molar-refractivity contribution >= 4 is 28.9 Å². The van der Waals surface area contributed by atoms with Gasteiger partial charge in [0.2, 0.25) is 0 Å². The van der Waals surface area contributed by atoms with Crippen molar-refractivity contribution in [3.05, 3.63) is 59.7 Å². The molecule has 2 aromatic rings. The average molecular weight is 301 g/mol. The first-order valence-corrected chi connectivity index (χ1v) is 6.69. The highest BCUT2D eigenvalue weighted by Crippen LogP contribution is 2.22. The number of rotatable bonds is 4. The normalized spacial score (nSPS) is 9.81. The van der Waals surface area contributed by atoms with Gasteiger partial charge >= 0.3 is 5.97 Å². The predicted molar refractivity (Wildman–Crippen MR) is 86.1 cm³/mol. The van der Waals surface area contributed by atoms with E-state index in [0.717, 1.165) is 5.69 Å². The molecule has 0 fully saturated rings. The van der Waals surface area contributed by atoms with E-state index >= 15 is 0 Å². The molecule has 21 heavy (non-hydrogen) atoms. The first-order chi connectivity index (χ1) is 10.2. The number of para-hydroxylation sites is 1. The maximum atomic E-state index is 11.5. The molecule has 0 aliphatic heterocycles. The third kappa shape index (κ3) is 3.58. The molecule has 0 bridgehead atoms. The summed E-state index contributed by atoms with van der Waals surface area (Å²) in [5.41, 5.74) is 2.02. The summed E-state index contributed by atoms with van der Waals surface area (Å²) < 4.78 is 9.99. The predicted octanol–water partition coefficient (Wildman–Crippen LogP) is 3.27. The van der Waals surface area contributed by atoms with E-state index in [4.69, 9.17) is 17.0 Å². The molecular weight excluding hydrogens is 286 g/mol. The van der Waals surface area contributed by atoms with Crippen LogP contribution in [0.25, 0.3) is 0 Å². The second-order valence-corrected chi connectivity index (χ2v) is 4.64. The van der Waals surface area contributed by atoms with Gasteiger partial charge in [-0.3, -0.25) is 0 Å². The number of thiocarbonyl (C=S) groups is 1. The minimum Gasteiger partial charge on any atom is -0.496 e. The first-order valence-electron chi connectivity index (χ1n) is 6.28.